The number of rotatable bonds is 8. The quantitative estimate of drug-likeness (QED) is 0.419. The number of ether oxygens (including phenoxy) is 1. The molecule has 0 aliphatic rings. The highest BCUT2D eigenvalue weighted by Gasteiger charge is 2.29. The van der Waals surface area contributed by atoms with Crippen LogP contribution in [0.5, 0.6) is 0 Å². The second-order valence-electron chi connectivity index (χ2n) is 7.10. The SMILES string of the molecule is CCCCCCOC(=O)c1cc(N)c(C(C)(C)C(C)C)c(N)c1. The smallest absolute Gasteiger partial charge is 0.338 e. The zero-order chi connectivity index (χ0) is 17.6. The number of anilines is 2. The van der Waals surface area contributed by atoms with Gasteiger partial charge in [0.05, 0.1) is 12.2 Å². The van der Waals surface area contributed by atoms with Crippen LogP contribution in [-0.4, -0.2) is 12.6 Å². The Labute approximate surface area is 140 Å². The number of unbranched alkanes of at least 4 members (excludes halogenated alkanes) is 3. The van der Waals surface area contributed by atoms with Crippen molar-refractivity contribution in [2.75, 3.05) is 18.1 Å². The van der Waals surface area contributed by atoms with Crippen LogP contribution < -0.4 is 11.5 Å². The molecule has 0 spiro atoms. The summed E-state index contributed by atoms with van der Waals surface area (Å²) in [5, 5.41) is 0. The van der Waals surface area contributed by atoms with Gasteiger partial charge >= 0.3 is 5.97 Å². The number of hydrogen-bond donors (Lipinski definition) is 2. The molecule has 4 N–H and O–H groups in total. The lowest BCUT2D eigenvalue weighted by Crippen LogP contribution is -2.27. The van der Waals surface area contributed by atoms with Gasteiger partial charge in [0.2, 0.25) is 0 Å². The van der Waals surface area contributed by atoms with Gasteiger partial charge in [-0.15, -0.1) is 0 Å². The van der Waals surface area contributed by atoms with Gasteiger partial charge in [-0.1, -0.05) is 53.9 Å². The lowest BCUT2D eigenvalue weighted by molar-refractivity contribution is 0.0498. The highest BCUT2D eigenvalue weighted by molar-refractivity contribution is 5.92. The molecular weight excluding hydrogens is 288 g/mol. The molecule has 0 heterocycles. The molecule has 0 aliphatic carbocycles. The Morgan fingerprint density at radius 2 is 1.70 bits per heavy atom. The zero-order valence-corrected chi connectivity index (χ0v) is 15.2. The highest BCUT2D eigenvalue weighted by atomic mass is 16.5. The molecule has 1 rings (SSSR count). The predicted octanol–water partition coefficient (Wildman–Crippen LogP) is 4.52. The Hall–Kier alpha value is -1.71. The van der Waals surface area contributed by atoms with Gasteiger partial charge in [-0.25, -0.2) is 4.79 Å². The molecule has 0 aromatic heterocycles. The molecule has 0 aliphatic heterocycles. The van der Waals surface area contributed by atoms with Crippen LogP contribution in [0.25, 0.3) is 0 Å². The molecule has 1 aromatic carbocycles. The fourth-order valence-electron chi connectivity index (χ4n) is 2.62. The lowest BCUT2D eigenvalue weighted by Gasteiger charge is -2.32. The van der Waals surface area contributed by atoms with Gasteiger partial charge < -0.3 is 16.2 Å². The van der Waals surface area contributed by atoms with Crippen LogP contribution in [-0.2, 0) is 10.2 Å². The average Bonchev–Trinajstić information content (AvgIpc) is 2.45. The standard InChI is InChI=1S/C19H32N2O2/c1-6-7-8-9-10-23-18(22)14-11-15(20)17(16(21)12-14)19(4,5)13(2)3/h11-13H,6-10,20-21H2,1-5H3. The third-order valence-electron chi connectivity index (χ3n) is 4.75. The molecule has 0 fully saturated rings. The van der Waals surface area contributed by atoms with Gasteiger partial charge in [-0.2, -0.15) is 0 Å². The molecule has 0 unspecified atom stereocenters. The molecule has 4 heteroatoms. The summed E-state index contributed by atoms with van der Waals surface area (Å²) in [5.74, 6) is 0.0252. The molecule has 0 saturated carbocycles. The third-order valence-corrected chi connectivity index (χ3v) is 4.75. The Morgan fingerprint density at radius 3 is 2.17 bits per heavy atom. The van der Waals surface area contributed by atoms with Gasteiger partial charge in [0.15, 0.2) is 0 Å². The van der Waals surface area contributed by atoms with E-state index in [4.69, 9.17) is 16.2 Å². The average molecular weight is 320 g/mol. The maximum Gasteiger partial charge on any atom is 0.338 e. The fraction of sp³-hybridized carbons (Fsp3) is 0.632. The molecular formula is C19H32N2O2. The Morgan fingerprint density at radius 1 is 1.13 bits per heavy atom. The van der Waals surface area contributed by atoms with Crippen LogP contribution in [0, 0.1) is 5.92 Å². The van der Waals surface area contributed by atoms with Crippen molar-refractivity contribution in [2.24, 2.45) is 5.92 Å². The van der Waals surface area contributed by atoms with E-state index in [2.05, 4.69) is 34.6 Å². The minimum absolute atomic E-state index is 0.156. The van der Waals surface area contributed by atoms with Crippen molar-refractivity contribution >= 4 is 17.3 Å². The number of carbonyl (C=O) groups is 1. The van der Waals surface area contributed by atoms with Crippen LogP contribution in [0.15, 0.2) is 12.1 Å². The molecule has 0 bridgehead atoms. The first kappa shape index (κ1) is 19.3. The first-order valence-corrected chi connectivity index (χ1v) is 8.58. The maximum atomic E-state index is 12.1. The van der Waals surface area contributed by atoms with Crippen molar-refractivity contribution in [3.05, 3.63) is 23.3 Å². The minimum atomic E-state index is -0.353. The summed E-state index contributed by atoms with van der Waals surface area (Å²) in [6, 6.07) is 3.37. The summed E-state index contributed by atoms with van der Waals surface area (Å²) in [7, 11) is 0. The summed E-state index contributed by atoms with van der Waals surface area (Å²) in [4.78, 5) is 12.1. The van der Waals surface area contributed by atoms with Gasteiger partial charge in [0.1, 0.15) is 0 Å². The zero-order valence-electron chi connectivity index (χ0n) is 15.2. The van der Waals surface area contributed by atoms with E-state index in [1.807, 2.05) is 0 Å². The monoisotopic (exact) mass is 320 g/mol. The molecule has 0 atom stereocenters. The molecule has 130 valence electrons. The van der Waals surface area contributed by atoms with Crippen molar-refractivity contribution in [1.29, 1.82) is 0 Å². The summed E-state index contributed by atoms with van der Waals surface area (Å²) in [5.41, 5.74) is 14.7. The van der Waals surface area contributed by atoms with E-state index in [1.54, 1.807) is 12.1 Å². The summed E-state index contributed by atoms with van der Waals surface area (Å²) in [6.45, 7) is 11.1. The van der Waals surface area contributed by atoms with Crippen LogP contribution in [0.4, 0.5) is 11.4 Å². The molecule has 0 radical (unpaired) electrons. The van der Waals surface area contributed by atoms with Crippen molar-refractivity contribution in [3.63, 3.8) is 0 Å². The second kappa shape index (κ2) is 8.23. The first-order valence-electron chi connectivity index (χ1n) is 8.58. The third kappa shape index (κ3) is 4.88. The number of esters is 1. The minimum Gasteiger partial charge on any atom is -0.462 e. The molecule has 0 saturated heterocycles. The Balaban J connectivity index is 2.86. The maximum absolute atomic E-state index is 12.1. The second-order valence-corrected chi connectivity index (χ2v) is 7.10. The number of benzene rings is 1. The van der Waals surface area contributed by atoms with Crippen LogP contribution >= 0.6 is 0 Å². The van der Waals surface area contributed by atoms with Crippen molar-refractivity contribution in [2.45, 2.75) is 65.7 Å². The predicted molar refractivity (Wildman–Crippen MR) is 97.6 cm³/mol. The van der Waals surface area contributed by atoms with Gasteiger partial charge in [0.25, 0.3) is 0 Å². The van der Waals surface area contributed by atoms with E-state index in [-0.39, 0.29) is 11.4 Å². The van der Waals surface area contributed by atoms with E-state index in [1.165, 1.54) is 0 Å². The van der Waals surface area contributed by atoms with E-state index >= 15 is 0 Å². The molecule has 0 amide bonds. The Kier molecular flexibility index (Phi) is 6.92. The fourth-order valence-corrected chi connectivity index (χ4v) is 2.62. The molecule has 23 heavy (non-hydrogen) atoms. The van der Waals surface area contributed by atoms with Gasteiger partial charge in [-0.3, -0.25) is 0 Å². The van der Waals surface area contributed by atoms with Crippen molar-refractivity contribution in [3.8, 4) is 0 Å². The van der Waals surface area contributed by atoms with Crippen LogP contribution in [0.3, 0.4) is 0 Å². The topological polar surface area (TPSA) is 78.3 Å². The first-order chi connectivity index (χ1) is 10.7. The molecule has 4 nitrogen and oxygen atoms in total. The molecule has 1 aromatic rings. The lowest BCUT2D eigenvalue weighted by atomic mass is 9.73. The Bertz CT molecular complexity index is 513. The van der Waals surface area contributed by atoms with Crippen molar-refractivity contribution in [1.82, 2.24) is 0 Å². The number of hydrogen-bond acceptors (Lipinski definition) is 4. The summed E-state index contributed by atoms with van der Waals surface area (Å²) in [6.07, 6.45) is 4.29. The largest absolute Gasteiger partial charge is 0.462 e. The van der Waals surface area contributed by atoms with Crippen molar-refractivity contribution < 1.29 is 9.53 Å². The van der Waals surface area contributed by atoms with Crippen LogP contribution in [0.1, 0.15) is 76.2 Å². The van der Waals surface area contributed by atoms with Gasteiger partial charge in [0, 0.05) is 16.9 Å². The summed E-state index contributed by atoms with van der Waals surface area (Å²) < 4.78 is 5.31. The van der Waals surface area contributed by atoms with E-state index < -0.39 is 0 Å². The number of carbonyl (C=O) groups excluding carboxylic acids is 1. The number of nitrogen functional groups attached to an aromatic ring is 2. The van der Waals surface area contributed by atoms with Gasteiger partial charge in [-0.05, 0) is 29.9 Å². The van der Waals surface area contributed by atoms with E-state index in [0.717, 1.165) is 31.2 Å². The number of nitrogens with two attached hydrogens (primary N) is 2. The normalized spacial score (nSPS) is 11.7. The van der Waals surface area contributed by atoms with E-state index in [0.29, 0.717) is 29.5 Å². The van der Waals surface area contributed by atoms with Crippen LogP contribution in [0.2, 0.25) is 0 Å². The summed E-state index contributed by atoms with van der Waals surface area (Å²) >= 11 is 0. The van der Waals surface area contributed by atoms with E-state index in [9.17, 15) is 4.79 Å². The highest BCUT2D eigenvalue weighted by Crippen LogP contribution is 2.39.